The highest BCUT2D eigenvalue weighted by molar-refractivity contribution is 5.48. The van der Waals surface area contributed by atoms with Gasteiger partial charge in [-0.05, 0) is 114 Å². The van der Waals surface area contributed by atoms with Crippen LogP contribution in [0.15, 0.2) is 182 Å². The van der Waals surface area contributed by atoms with E-state index < -0.39 is 0 Å². The van der Waals surface area contributed by atoms with Crippen molar-refractivity contribution >= 4 is 53.5 Å². The van der Waals surface area contributed by atoms with Crippen LogP contribution < -0.4 is 44.1 Å². The van der Waals surface area contributed by atoms with E-state index in [9.17, 15) is 0 Å². The predicted octanol–water partition coefficient (Wildman–Crippen LogP) is 8.86. The van der Waals surface area contributed by atoms with Gasteiger partial charge in [-0.3, -0.25) is 0 Å². The lowest BCUT2D eigenvalue weighted by Gasteiger charge is -2.22. The fraction of sp³-hybridized carbons (Fsp3) is 0.348. The molecule has 0 atom stereocenters. The maximum Gasteiger partial charge on any atom is 0.233 e. The summed E-state index contributed by atoms with van der Waals surface area (Å²) < 4.78 is 0. The van der Waals surface area contributed by atoms with Crippen LogP contribution in [0.4, 0.5) is 53.5 Å². The Morgan fingerprint density at radius 3 is 0.375 bits per heavy atom. The van der Waals surface area contributed by atoms with Gasteiger partial charge in [0, 0.05) is 103 Å². The minimum absolute atomic E-state index is 0.130. The summed E-state index contributed by atoms with van der Waals surface area (Å²) in [7, 11) is 16.8. The minimum Gasteiger partial charge on any atom is -0.508 e. The summed E-state index contributed by atoms with van der Waals surface area (Å²) in [4.78, 5) is 55.6. The Hall–Kier alpha value is -10.8. The van der Waals surface area contributed by atoms with E-state index in [0.717, 1.165) is 57.1 Å². The van der Waals surface area contributed by atoms with Crippen molar-refractivity contribution < 1.29 is 46.0 Å². The van der Waals surface area contributed by atoms with E-state index in [0.29, 0.717) is 70.2 Å². The minimum atomic E-state index is -0.193. The van der Waals surface area contributed by atoms with Gasteiger partial charge in [-0.2, -0.15) is 44.9 Å². The van der Waals surface area contributed by atoms with Crippen molar-refractivity contribution in [1.82, 2.24) is 44.9 Å². The maximum atomic E-state index is 9.16. The summed E-state index contributed by atoms with van der Waals surface area (Å²) in [6.07, 6.45) is 0. The van der Waals surface area contributed by atoms with Gasteiger partial charge in [0.25, 0.3) is 0 Å². The van der Waals surface area contributed by atoms with Gasteiger partial charge in [-0.25, -0.2) is 0 Å². The van der Waals surface area contributed by atoms with Crippen molar-refractivity contribution in [3.05, 3.63) is 182 Å². The van der Waals surface area contributed by atoms with Crippen LogP contribution >= 0.6 is 0 Å². The van der Waals surface area contributed by atoms with Crippen LogP contribution in [0.25, 0.3) is 0 Å². The number of anilines is 9. The SMILES string of the molecule is CCN(C)c1nc(N(C)CC)nc(N(C)CC)n1.CCN(C)c1nc(N(C)CC)nc(N(C)CO)n1.CCN(C)c1nc(N(C)CO)nc(N(C)CO)n1.Oc1ccccc1.Oc1ccccc1.Oc1ccccc1.Oc1ccccc1.Oc1ccccc1.Oc1ccccc1. The molecular weight excluding hydrogens is 1220 g/mol. The standard InChI is InChI=1S/C12H24N6.C11H22N6O.C10H20N6O2.6C6H6O/c1-7-16(4)10-13-11(17(5)8-2)15-12(14-10)18(6)9-3;1-6-15(3)9-12-10(16(4)7-2)14-11(13-9)17(5)8-18;1-5-14(2)8-11-9(15(3)6-17)13-10(12-8)16(4)7-18;6*7-6-4-2-1-3-5-6/h7-9H2,1-6H3;18H,6-8H2,1-5H3;17-18H,5-7H2,1-4H3;6*1-5,7H. The number of phenols is 6. The lowest BCUT2D eigenvalue weighted by atomic mass is 10.3. The first-order valence-electron chi connectivity index (χ1n) is 30.9. The largest absolute Gasteiger partial charge is 0.508 e. The topological polar surface area (TPSA) is 327 Å². The van der Waals surface area contributed by atoms with Gasteiger partial charge in [0.1, 0.15) is 54.7 Å². The first kappa shape index (κ1) is 83.2. The van der Waals surface area contributed by atoms with Gasteiger partial charge >= 0.3 is 0 Å². The van der Waals surface area contributed by atoms with Crippen LogP contribution in [0.1, 0.15) is 41.5 Å². The Labute approximate surface area is 567 Å². The normalized spacial score (nSPS) is 9.56. The molecule has 0 aliphatic rings. The summed E-state index contributed by atoms with van der Waals surface area (Å²) in [5, 5.41) is 79.2. The lowest BCUT2D eigenvalue weighted by Crippen LogP contribution is -2.28. The number of aliphatic hydroxyl groups excluding tert-OH is 3. The molecule has 0 aliphatic heterocycles. The van der Waals surface area contributed by atoms with Crippen molar-refractivity contribution in [3.63, 3.8) is 0 Å². The van der Waals surface area contributed by atoms with Crippen LogP contribution in [0.3, 0.4) is 0 Å². The van der Waals surface area contributed by atoms with Crippen LogP contribution in [0.5, 0.6) is 34.5 Å². The van der Waals surface area contributed by atoms with Crippen LogP contribution in [-0.2, 0) is 0 Å². The van der Waals surface area contributed by atoms with Gasteiger partial charge in [-0.15, -0.1) is 0 Å². The van der Waals surface area contributed by atoms with Gasteiger partial charge in [0.2, 0.25) is 53.5 Å². The Kier molecular flexibility index (Phi) is 42.4. The van der Waals surface area contributed by atoms with E-state index in [2.05, 4.69) is 65.6 Å². The molecule has 3 aromatic heterocycles. The number of hydrogen-bond donors (Lipinski definition) is 9. The van der Waals surface area contributed by atoms with Crippen molar-refractivity contribution in [2.75, 3.05) is 167 Å². The zero-order valence-corrected chi connectivity index (χ0v) is 58.3. The fourth-order valence-corrected chi connectivity index (χ4v) is 6.17. The summed E-state index contributed by atoms with van der Waals surface area (Å²) in [6, 6.07) is 52.3. The number of rotatable bonds is 18. The molecule has 0 aliphatic carbocycles. The highest BCUT2D eigenvalue weighted by Crippen LogP contribution is 2.20. The predicted molar refractivity (Wildman–Crippen MR) is 388 cm³/mol. The van der Waals surface area contributed by atoms with Gasteiger partial charge in [-0.1, -0.05) is 109 Å². The van der Waals surface area contributed by atoms with E-state index in [1.54, 1.807) is 172 Å². The van der Waals surface area contributed by atoms with Crippen molar-refractivity contribution in [2.45, 2.75) is 41.5 Å². The van der Waals surface area contributed by atoms with Crippen LogP contribution in [0.2, 0.25) is 0 Å². The molecule has 0 amide bonds. The maximum absolute atomic E-state index is 9.16. The zero-order valence-electron chi connectivity index (χ0n) is 58.3. The Morgan fingerprint density at radius 2 is 0.302 bits per heavy atom. The van der Waals surface area contributed by atoms with Crippen LogP contribution in [-0.4, -0.2) is 214 Å². The van der Waals surface area contributed by atoms with Crippen molar-refractivity contribution in [2.24, 2.45) is 0 Å². The number of phenolic OH excluding ortho intramolecular Hbond substituents is 6. The second-order valence-corrected chi connectivity index (χ2v) is 20.3. The molecule has 522 valence electrons. The Bertz CT molecular complexity index is 2680. The average molecular weight is 1330 g/mol. The monoisotopic (exact) mass is 1330 g/mol. The molecule has 9 rings (SSSR count). The number of hydrogen-bond acceptors (Lipinski definition) is 27. The third-order valence-electron chi connectivity index (χ3n) is 12.9. The smallest absolute Gasteiger partial charge is 0.233 e. The summed E-state index contributed by atoms with van der Waals surface area (Å²) in [5.41, 5.74) is 0. The fourth-order valence-electron chi connectivity index (χ4n) is 6.17. The average Bonchev–Trinajstić information content (AvgIpc) is 1.36. The molecule has 0 saturated heterocycles. The quantitative estimate of drug-likeness (QED) is 0.0362. The summed E-state index contributed by atoms with van der Waals surface area (Å²) in [5.74, 6) is 7.00. The lowest BCUT2D eigenvalue weighted by molar-refractivity contribution is 0.294. The molecule has 96 heavy (non-hydrogen) atoms. The van der Waals surface area contributed by atoms with Crippen molar-refractivity contribution in [1.29, 1.82) is 0 Å². The zero-order chi connectivity index (χ0) is 71.8. The number of aliphatic hydroxyl groups is 3. The van der Waals surface area contributed by atoms with Gasteiger partial charge < -0.3 is 90.1 Å². The molecule has 9 N–H and O–H groups in total. The third-order valence-corrected chi connectivity index (χ3v) is 12.9. The molecule has 0 saturated carbocycles. The highest BCUT2D eigenvalue weighted by Gasteiger charge is 2.17. The molecule has 0 fully saturated rings. The molecule has 0 bridgehead atoms. The molecule has 3 heterocycles. The number of benzene rings is 6. The molecule has 0 radical (unpaired) electrons. The molecule has 9 aromatic rings. The molecule has 0 spiro atoms. The first-order chi connectivity index (χ1) is 45.9. The van der Waals surface area contributed by atoms with Crippen LogP contribution in [0, 0.1) is 0 Å². The second kappa shape index (κ2) is 48.9. The molecular formula is C69H102N18O9. The molecule has 27 heteroatoms. The number of aromatic hydroxyl groups is 6. The number of nitrogens with zero attached hydrogens (tertiary/aromatic N) is 18. The second-order valence-electron chi connectivity index (χ2n) is 20.3. The molecule has 0 unspecified atom stereocenters. The Balaban J connectivity index is 0.000000559. The highest BCUT2D eigenvalue weighted by atomic mass is 16.3. The first-order valence-corrected chi connectivity index (χ1v) is 30.9. The molecule has 6 aromatic carbocycles. The number of aromatic nitrogens is 9. The van der Waals surface area contributed by atoms with E-state index in [1.165, 1.54) is 9.80 Å². The molecule has 27 nitrogen and oxygen atoms in total. The van der Waals surface area contributed by atoms with E-state index >= 15 is 0 Å². The summed E-state index contributed by atoms with van der Waals surface area (Å²) >= 11 is 0. The summed E-state index contributed by atoms with van der Waals surface area (Å²) in [6.45, 7) is 16.7. The van der Waals surface area contributed by atoms with E-state index in [4.69, 9.17) is 46.0 Å². The third kappa shape index (κ3) is 34.8. The van der Waals surface area contributed by atoms with E-state index in [-0.39, 0.29) is 20.2 Å². The van der Waals surface area contributed by atoms with Gasteiger partial charge in [0.05, 0.1) is 0 Å². The number of para-hydroxylation sites is 6. The van der Waals surface area contributed by atoms with Gasteiger partial charge in [0.15, 0.2) is 0 Å². The van der Waals surface area contributed by atoms with Crippen molar-refractivity contribution in [3.8, 4) is 34.5 Å². The Morgan fingerprint density at radius 1 is 0.198 bits per heavy atom. The van der Waals surface area contributed by atoms with E-state index in [1.807, 2.05) is 129 Å².